The van der Waals surface area contributed by atoms with Crippen molar-refractivity contribution in [3.63, 3.8) is 0 Å². The summed E-state index contributed by atoms with van der Waals surface area (Å²) in [4.78, 5) is 0. The topological polar surface area (TPSA) is 151 Å². The third kappa shape index (κ3) is 19.0. The van der Waals surface area contributed by atoms with Crippen LogP contribution in [0.2, 0.25) is 5.48 Å². The van der Waals surface area contributed by atoms with E-state index in [1.807, 2.05) is 24.1 Å². The molecule has 1 aliphatic rings. The molecule has 81 valence electrons. The number of hydroxylamine groups is 2. The second-order valence-corrected chi connectivity index (χ2v) is 1.65. The van der Waals surface area contributed by atoms with Crippen molar-refractivity contribution in [1.82, 2.24) is 0 Å². The van der Waals surface area contributed by atoms with Crippen LogP contribution in [0.15, 0.2) is 0 Å². The molecule has 0 amide bonds. The molecule has 1 saturated heterocycles. The molecule has 0 unspecified atom stereocenters. The first-order valence-corrected chi connectivity index (χ1v) is 5.38. The Bertz CT molecular complexity index is 63.0. The molecule has 1 heterocycles. The molecular formula is C5H12NO6Os. The molecule has 13 heavy (non-hydrogen) atoms. The largest absolute Gasteiger partial charge is 2.00 e. The monoisotopic (exact) mass is 374 g/mol. The average Bonchev–Trinajstić information content (AvgIpc) is 1.94. The van der Waals surface area contributed by atoms with E-state index >= 15 is 0 Å². The summed E-state index contributed by atoms with van der Waals surface area (Å²) in [6.07, 6.45) is 0. The minimum Gasteiger partial charge on any atom is -2.00 e. The van der Waals surface area contributed by atoms with Crippen LogP contribution in [0, 0.1) is 5.21 Å². The van der Waals surface area contributed by atoms with Gasteiger partial charge in [0.05, 0.1) is 13.2 Å². The van der Waals surface area contributed by atoms with Crippen LogP contribution in [0.5, 0.6) is 0 Å². The van der Waals surface area contributed by atoms with Gasteiger partial charge in [-0.3, -0.25) is 0 Å². The van der Waals surface area contributed by atoms with Crippen molar-refractivity contribution >= 4 is 0 Å². The maximum Gasteiger partial charge on any atom is 0.101 e. The zero-order valence-electron chi connectivity index (χ0n) is 7.13. The molecule has 1 aliphatic heterocycles. The fourth-order valence-electron chi connectivity index (χ4n) is 0.599. The fourth-order valence-corrected chi connectivity index (χ4v) is 0.599. The molecule has 0 radical (unpaired) electrons. The van der Waals surface area contributed by atoms with Crippen molar-refractivity contribution in [3.05, 3.63) is 5.21 Å². The van der Waals surface area contributed by atoms with Crippen LogP contribution < -0.4 is 5.06 Å². The van der Waals surface area contributed by atoms with Gasteiger partial charge in [-0.1, -0.05) is 0 Å². The number of nitrogens with one attached hydrogen (secondary N) is 1. The van der Waals surface area contributed by atoms with Crippen molar-refractivity contribution < 1.29 is 50.3 Å². The summed E-state index contributed by atoms with van der Waals surface area (Å²) in [7, 11) is 0. The van der Waals surface area contributed by atoms with Gasteiger partial charge in [-0.2, -0.15) is 0 Å². The zero-order chi connectivity index (χ0) is 7.11. The number of hydrogen-bond acceptors (Lipinski definition) is 2. The van der Waals surface area contributed by atoms with Crippen molar-refractivity contribution in [1.29, 1.82) is 0 Å². The molecule has 0 bridgehead atoms. The quantitative estimate of drug-likeness (QED) is 0.515. The minimum atomic E-state index is 0. The maximum absolute atomic E-state index is 10.4. The van der Waals surface area contributed by atoms with Gasteiger partial charge < -0.3 is 36.9 Å². The molecule has 0 aromatic rings. The van der Waals surface area contributed by atoms with Crippen LogP contribution in [0.1, 0.15) is 0 Å². The third-order valence-electron chi connectivity index (χ3n) is 1.05. The Labute approximate surface area is 87.8 Å². The van der Waals surface area contributed by atoms with Gasteiger partial charge in [-0.15, -0.1) is 0 Å². The predicted octanol–water partition coefficient (Wildman–Crippen LogP) is -1.49. The molecule has 8 heteroatoms. The van der Waals surface area contributed by atoms with Crippen LogP contribution in [-0.2, 0) is 45.2 Å². The van der Waals surface area contributed by atoms with Crippen molar-refractivity contribution in [3.8, 4) is 0 Å². The molecule has 0 aromatic carbocycles. The van der Waals surface area contributed by atoms with Crippen LogP contribution in [0.25, 0.3) is 0 Å². The van der Waals surface area contributed by atoms with Crippen molar-refractivity contribution in [2.75, 3.05) is 26.3 Å². The Morgan fingerprint density at radius 3 is 1.46 bits per heavy atom. The summed E-state index contributed by atoms with van der Waals surface area (Å²) in [6.45, 7) is 2.53. The van der Waals surface area contributed by atoms with E-state index < -0.39 is 0 Å². The Kier molecular flexibility index (Phi) is 51.3. The average molecular weight is 372 g/mol. The second kappa shape index (κ2) is 22.8. The van der Waals surface area contributed by atoms with E-state index in [1.165, 1.54) is 0 Å². The van der Waals surface area contributed by atoms with E-state index in [2.05, 4.69) is 0 Å². The van der Waals surface area contributed by atoms with Crippen LogP contribution in [-0.4, -0.2) is 26.3 Å². The summed E-state index contributed by atoms with van der Waals surface area (Å²) in [6, 6.07) is 0. The number of rotatable bonds is 0. The molecule has 0 aromatic heterocycles. The number of hydrogen-bond donors (Lipinski definition) is 1. The van der Waals surface area contributed by atoms with Gasteiger partial charge in [0.1, 0.15) is 13.1 Å². The normalized spacial score (nSPS) is 14.2. The molecule has 0 atom stereocenters. The number of ether oxygens (including phenoxy) is 1. The van der Waals surface area contributed by atoms with Crippen molar-refractivity contribution in [2.24, 2.45) is 0 Å². The second-order valence-electron chi connectivity index (χ2n) is 1.65. The maximum atomic E-state index is 10.4. The minimum absolute atomic E-state index is 0. The van der Waals surface area contributed by atoms with Crippen LogP contribution in [0.3, 0.4) is 0 Å². The van der Waals surface area contributed by atoms with Gasteiger partial charge in [-0.05, 0) is 0 Å². The summed E-state index contributed by atoms with van der Waals surface area (Å²) < 4.78 is 4.92. The first-order chi connectivity index (χ1) is 4.39. The summed E-state index contributed by atoms with van der Waals surface area (Å²) in [5.74, 6) is 0. The van der Waals surface area contributed by atoms with Gasteiger partial charge in [0.2, 0.25) is 0 Å². The standard InChI is InChI=1S/C4H9NO2.CH3.4O.Os/c6-5-1-3-7-4-2-5;;;;;;/h5H,1-4H2;1H3;;;;;/q;;4*-2;+8. The first-order valence-electron chi connectivity index (χ1n) is 2.84. The van der Waals surface area contributed by atoms with E-state index in [0.29, 0.717) is 31.4 Å². The Morgan fingerprint density at radius 2 is 1.31 bits per heavy atom. The van der Waals surface area contributed by atoms with E-state index in [0.717, 1.165) is 0 Å². The van der Waals surface area contributed by atoms with Gasteiger partial charge in [-0.25, -0.2) is 0 Å². The van der Waals surface area contributed by atoms with Gasteiger partial charge in [0, 0.05) is 0 Å². The SMILES string of the molecule is [CH3][Os+8].[O-2].[O-2].[O-2].[O-2].[O-][NH+]1CCOCC1. The van der Waals surface area contributed by atoms with Gasteiger partial charge in [0.25, 0.3) is 0 Å². The van der Waals surface area contributed by atoms with Crippen LogP contribution in [0.4, 0.5) is 0 Å². The summed E-state index contributed by atoms with van der Waals surface area (Å²) >= 11 is 1.86. The first kappa shape index (κ1) is 29.2. The van der Waals surface area contributed by atoms with Crippen molar-refractivity contribution in [2.45, 2.75) is 5.48 Å². The molecule has 0 spiro atoms. The van der Waals surface area contributed by atoms with E-state index in [4.69, 9.17) is 4.74 Å². The fraction of sp³-hybridized carbons (Fsp3) is 1.00. The summed E-state index contributed by atoms with van der Waals surface area (Å²) in [5, 5.41) is 10.7. The van der Waals surface area contributed by atoms with E-state index in [9.17, 15) is 5.21 Å². The molecular weight excluding hydrogens is 360 g/mol. The molecule has 0 aliphatic carbocycles. The van der Waals surface area contributed by atoms with Gasteiger partial charge >= 0.3 is 24.1 Å². The van der Waals surface area contributed by atoms with Gasteiger partial charge in [0.15, 0.2) is 0 Å². The molecule has 1 rings (SSSR count). The molecule has 1 fully saturated rings. The molecule has 1 N–H and O–H groups in total. The molecule has 7 nitrogen and oxygen atoms in total. The third-order valence-corrected chi connectivity index (χ3v) is 1.05. The summed E-state index contributed by atoms with van der Waals surface area (Å²) in [5.41, 5.74) is 2.03. The Morgan fingerprint density at radius 1 is 1.00 bits per heavy atom. The zero-order valence-corrected chi connectivity index (χ0v) is 9.67. The van der Waals surface area contributed by atoms with Crippen LogP contribution >= 0.6 is 0 Å². The predicted molar refractivity (Wildman–Crippen MR) is 33.5 cm³/mol. The van der Waals surface area contributed by atoms with E-state index in [1.54, 1.807) is 0 Å². The Balaban J connectivity index is -0.0000000335. The Hall–Kier alpha value is 0.356. The smallest absolute Gasteiger partial charge is 0.101 e. The number of morpholine rings is 1. The van der Waals surface area contributed by atoms with E-state index in [-0.39, 0.29) is 21.9 Å². The number of quaternary nitrogens is 1. The molecule has 0 saturated carbocycles.